The molecule has 2 nitrogen and oxygen atoms in total. The van der Waals surface area contributed by atoms with Gasteiger partial charge >= 0.3 is 0 Å². The number of amides is 1. The van der Waals surface area contributed by atoms with Crippen LogP contribution in [-0.4, -0.2) is 5.91 Å². The summed E-state index contributed by atoms with van der Waals surface area (Å²) < 4.78 is 0. The highest BCUT2D eigenvalue weighted by Gasteiger charge is 2.23. The van der Waals surface area contributed by atoms with E-state index in [1.165, 1.54) is 27.8 Å². The molecule has 0 atom stereocenters. The zero-order valence-corrected chi connectivity index (χ0v) is 9.12. The highest BCUT2D eigenvalue weighted by Crippen LogP contribution is 2.34. The van der Waals surface area contributed by atoms with E-state index in [0.717, 1.165) is 5.69 Å². The molecule has 0 spiro atoms. The molecule has 0 saturated carbocycles. The summed E-state index contributed by atoms with van der Waals surface area (Å²) in [5.41, 5.74) is 7.34. The second-order valence-corrected chi connectivity index (χ2v) is 4.08. The van der Waals surface area contributed by atoms with Crippen LogP contribution < -0.4 is 5.32 Å². The fourth-order valence-corrected chi connectivity index (χ4v) is 2.12. The van der Waals surface area contributed by atoms with E-state index in [1.807, 2.05) is 0 Å². The van der Waals surface area contributed by atoms with Gasteiger partial charge in [0.2, 0.25) is 5.91 Å². The molecule has 2 heteroatoms. The summed E-state index contributed by atoms with van der Waals surface area (Å²) in [4.78, 5) is 11.3. The Labute approximate surface area is 84.3 Å². The van der Waals surface area contributed by atoms with Crippen LogP contribution in [0.1, 0.15) is 27.8 Å². The summed E-state index contributed by atoms with van der Waals surface area (Å²) in [7, 11) is 0. The number of benzene rings is 1. The van der Waals surface area contributed by atoms with Crippen molar-refractivity contribution >= 4 is 11.6 Å². The molecule has 1 N–H and O–H groups in total. The van der Waals surface area contributed by atoms with Crippen molar-refractivity contribution in [1.82, 2.24) is 0 Å². The molecule has 0 fully saturated rings. The first-order valence-electron chi connectivity index (χ1n) is 4.91. The van der Waals surface area contributed by atoms with Crippen molar-refractivity contribution in [3.8, 4) is 0 Å². The third kappa shape index (κ3) is 1.07. The SMILES string of the molecule is Cc1c(C)c(C)c2c(c1C)CC(=O)N2. The summed E-state index contributed by atoms with van der Waals surface area (Å²) in [6.45, 7) is 8.41. The van der Waals surface area contributed by atoms with E-state index in [-0.39, 0.29) is 5.91 Å². The van der Waals surface area contributed by atoms with E-state index < -0.39 is 0 Å². The maximum absolute atomic E-state index is 11.3. The molecule has 2 rings (SSSR count). The monoisotopic (exact) mass is 189 g/mol. The number of hydrogen-bond acceptors (Lipinski definition) is 1. The van der Waals surface area contributed by atoms with Crippen molar-refractivity contribution in [2.24, 2.45) is 0 Å². The Morgan fingerprint density at radius 3 is 2.14 bits per heavy atom. The average Bonchev–Trinajstić information content (AvgIpc) is 2.54. The van der Waals surface area contributed by atoms with Crippen molar-refractivity contribution in [2.45, 2.75) is 34.1 Å². The molecule has 74 valence electrons. The molecule has 1 aliphatic rings. The largest absolute Gasteiger partial charge is 0.325 e. The summed E-state index contributed by atoms with van der Waals surface area (Å²) in [5, 5.41) is 2.94. The van der Waals surface area contributed by atoms with Gasteiger partial charge in [-0.25, -0.2) is 0 Å². The molecule has 14 heavy (non-hydrogen) atoms. The normalized spacial score (nSPS) is 14.1. The Balaban J connectivity index is 2.76. The highest BCUT2D eigenvalue weighted by atomic mass is 16.1. The number of rotatable bonds is 0. The standard InChI is InChI=1S/C12H15NO/c1-6-7(2)9(4)12-10(8(6)3)5-11(14)13-12/h5H2,1-4H3,(H,13,14). The van der Waals surface area contributed by atoms with Gasteiger partial charge in [-0.3, -0.25) is 4.79 Å². The molecule has 0 bridgehead atoms. The van der Waals surface area contributed by atoms with Gasteiger partial charge < -0.3 is 5.32 Å². The van der Waals surface area contributed by atoms with Crippen LogP contribution in [0.25, 0.3) is 0 Å². The van der Waals surface area contributed by atoms with Crippen molar-refractivity contribution in [2.75, 3.05) is 5.32 Å². The van der Waals surface area contributed by atoms with Gasteiger partial charge in [0.25, 0.3) is 0 Å². The third-order valence-corrected chi connectivity index (χ3v) is 3.42. The number of carbonyl (C=O) groups is 1. The van der Waals surface area contributed by atoms with E-state index in [9.17, 15) is 4.79 Å². The fourth-order valence-electron chi connectivity index (χ4n) is 2.12. The minimum Gasteiger partial charge on any atom is -0.325 e. The van der Waals surface area contributed by atoms with Crippen molar-refractivity contribution in [3.63, 3.8) is 0 Å². The van der Waals surface area contributed by atoms with Crippen molar-refractivity contribution in [1.29, 1.82) is 0 Å². The molecule has 1 aliphatic heterocycles. The lowest BCUT2D eigenvalue weighted by molar-refractivity contribution is -0.115. The van der Waals surface area contributed by atoms with Crippen LogP contribution in [0.2, 0.25) is 0 Å². The van der Waals surface area contributed by atoms with Gasteiger partial charge in [0.15, 0.2) is 0 Å². The molecular formula is C12H15NO. The molecule has 1 amide bonds. The summed E-state index contributed by atoms with van der Waals surface area (Å²) in [6.07, 6.45) is 0.545. The first-order valence-corrected chi connectivity index (χ1v) is 4.91. The summed E-state index contributed by atoms with van der Waals surface area (Å²) in [5.74, 6) is 0.121. The molecule has 1 aromatic carbocycles. The van der Waals surface area contributed by atoms with E-state index in [1.54, 1.807) is 0 Å². The van der Waals surface area contributed by atoms with Gasteiger partial charge in [-0.2, -0.15) is 0 Å². The third-order valence-electron chi connectivity index (χ3n) is 3.42. The van der Waals surface area contributed by atoms with E-state index in [4.69, 9.17) is 0 Å². The molecule has 1 aromatic rings. The molecule has 0 radical (unpaired) electrons. The number of hydrogen-bond donors (Lipinski definition) is 1. The Morgan fingerprint density at radius 1 is 0.929 bits per heavy atom. The first-order chi connectivity index (χ1) is 6.52. The maximum atomic E-state index is 11.3. The maximum Gasteiger partial charge on any atom is 0.228 e. The Bertz CT molecular complexity index is 394. The van der Waals surface area contributed by atoms with Gasteiger partial charge in [0, 0.05) is 5.69 Å². The van der Waals surface area contributed by atoms with E-state index >= 15 is 0 Å². The zero-order chi connectivity index (χ0) is 10.5. The number of nitrogens with one attached hydrogen (secondary N) is 1. The van der Waals surface area contributed by atoms with Crippen LogP contribution in [0.15, 0.2) is 0 Å². The minimum atomic E-state index is 0.121. The first kappa shape index (κ1) is 9.25. The highest BCUT2D eigenvalue weighted by molar-refractivity contribution is 6.01. The zero-order valence-electron chi connectivity index (χ0n) is 9.12. The molecule has 0 aromatic heterocycles. The van der Waals surface area contributed by atoms with Gasteiger partial charge in [0.05, 0.1) is 6.42 Å². The number of fused-ring (bicyclic) bond motifs is 1. The predicted molar refractivity (Wildman–Crippen MR) is 57.7 cm³/mol. The lowest BCUT2D eigenvalue weighted by Crippen LogP contribution is -2.04. The van der Waals surface area contributed by atoms with Crippen LogP contribution in [0.5, 0.6) is 0 Å². The van der Waals surface area contributed by atoms with Crippen LogP contribution in [0.4, 0.5) is 5.69 Å². The Morgan fingerprint density at radius 2 is 1.50 bits per heavy atom. The predicted octanol–water partition coefficient (Wildman–Crippen LogP) is 2.41. The lowest BCUT2D eigenvalue weighted by Gasteiger charge is -2.14. The summed E-state index contributed by atoms with van der Waals surface area (Å²) >= 11 is 0. The topological polar surface area (TPSA) is 29.1 Å². The smallest absolute Gasteiger partial charge is 0.228 e. The van der Waals surface area contributed by atoms with Crippen molar-refractivity contribution in [3.05, 3.63) is 27.8 Å². The van der Waals surface area contributed by atoms with Gasteiger partial charge in [-0.1, -0.05) is 0 Å². The van der Waals surface area contributed by atoms with Gasteiger partial charge in [-0.15, -0.1) is 0 Å². The average molecular weight is 189 g/mol. The Hall–Kier alpha value is -1.31. The van der Waals surface area contributed by atoms with Crippen molar-refractivity contribution < 1.29 is 4.79 Å². The quantitative estimate of drug-likeness (QED) is 0.667. The molecule has 0 aliphatic carbocycles. The van der Waals surface area contributed by atoms with Gasteiger partial charge in [-0.05, 0) is 55.5 Å². The number of carbonyl (C=O) groups excluding carboxylic acids is 1. The van der Waals surface area contributed by atoms with Crippen LogP contribution in [-0.2, 0) is 11.2 Å². The minimum absolute atomic E-state index is 0.121. The van der Waals surface area contributed by atoms with Crippen LogP contribution in [0, 0.1) is 27.7 Å². The van der Waals surface area contributed by atoms with Crippen LogP contribution >= 0.6 is 0 Å². The van der Waals surface area contributed by atoms with E-state index in [0.29, 0.717) is 6.42 Å². The van der Waals surface area contributed by atoms with E-state index in [2.05, 4.69) is 33.0 Å². The molecular weight excluding hydrogens is 174 g/mol. The molecule has 1 heterocycles. The van der Waals surface area contributed by atoms with Crippen LogP contribution in [0.3, 0.4) is 0 Å². The summed E-state index contributed by atoms with van der Waals surface area (Å²) in [6, 6.07) is 0. The van der Waals surface area contributed by atoms with Gasteiger partial charge in [0.1, 0.15) is 0 Å². The molecule has 0 unspecified atom stereocenters. The Kier molecular flexibility index (Phi) is 1.88. The second kappa shape index (κ2) is 2.84. The number of anilines is 1. The fraction of sp³-hybridized carbons (Fsp3) is 0.417. The second-order valence-electron chi connectivity index (χ2n) is 4.08. The lowest BCUT2D eigenvalue weighted by atomic mass is 9.92. The molecule has 0 saturated heterocycles.